The van der Waals surface area contributed by atoms with Gasteiger partial charge in [-0.1, -0.05) is 16.4 Å². The summed E-state index contributed by atoms with van der Waals surface area (Å²) in [4.78, 5) is 31.5. The molecule has 0 radical (unpaired) electrons. The quantitative estimate of drug-likeness (QED) is 0.134. The molecule has 5 aliphatic rings. The average Bonchev–Trinajstić information content (AvgIpc) is 4.00. The first-order valence-corrected chi connectivity index (χ1v) is 22.3. The Bertz CT molecular complexity index is 2710. The van der Waals surface area contributed by atoms with Gasteiger partial charge in [-0.05, 0) is 166 Å². The highest BCUT2D eigenvalue weighted by Crippen LogP contribution is 2.48. The number of H-pyrrole nitrogens is 1. The number of ketones is 1. The molecule has 62 heavy (non-hydrogen) atoms. The normalized spacial score (nSPS) is 22.3. The maximum atomic E-state index is 13.4. The second-order valence-corrected chi connectivity index (χ2v) is 19.5. The first-order valence-electron chi connectivity index (χ1n) is 22.3. The summed E-state index contributed by atoms with van der Waals surface area (Å²) in [7, 11) is 0. The van der Waals surface area contributed by atoms with Crippen LogP contribution >= 0.6 is 0 Å². The molecular formula is C50H56N6O6. The number of ether oxygens (including phenoxy) is 2. The van der Waals surface area contributed by atoms with Crippen LogP contribution in [0.1, 0.15) is 141 Å². The highest BCUT2D eigenvalue weighted by atomic mass is 16.5. The number of aromatic amines is 1. The van der Waals surface area contributed by atoms with Crippen molar-refractivity contribution < 1.29 is 28.4 Å². The van der Waals surface area contributed by atoms with Crippen molar-refractivity contribution in [1.29, 1.82) is 0 Å². The lowest BCUT2D eigenvalue weighted by Crippen LogP contribution is -2.42. The van der Waals surface area contributed by atoms with Crippen molar-refractivity contribution in [3.05, 3.63) is 99.8 Å². The summed E-state index contributed by atoms with van der Waals surface area (Å²) in [6.07, 6.45) is 9.64. The monoisotopic (exact) mass is 836 g/mol. The van der Waals surface area contributed by atoms with Crippen LogP contribution < -0.4 is 0 Å². The van der Waals surface area contributed by atoms with E-state index in [2.05, 4.69) is 46.3 Å². The highest BCUT2D eigenvalue weighted by Gasteiger charge is 2.50. The number of Topliss-reactive ketones (excluding diaryl/α,β-unsaturated/α-hetero) is 1. The fourth-order valence-electron chi connectivity index (χ4n) is 9.92. The van der Waals surface area contributed by atoms with Gasteiger partial charge in [-0.15, -0.1) is 0 Å². The van der Waals surface area contributed by atoms with Gasteiger partial charge in [-0.2, -0.15) is 0 Å². The lowest BCUT2D eigenvalue weighted by Gasteiger charge is -2.35. The molecule has 0 bridgehead atoms. The van der Waals surface area contributed by atoms with Gasteiger partial charge in [0.1, 0.15) is 23.4 Å². The molecule has 3 unspecified atom stereocenters. The number of hydrogen-bond acceptors (Lipinski definition) is 11. The Morgan fingerprint density at radius 2 is 1.47 bits per heavy atom. The highest BCUT2D eigenvalue weighted by molar-refractivity contribution is 6.09. The van der Waals surface area contributed by atoms with Gasteiger partial charge in [0.25, 0.3) is 0 Å². The number of aliphatic hydroxyl groups is 1. The number of pyridine rings is 1. The largest absolute Gasteiger partial charge is 0.376 e. The smallest absolute Gasteiger partial charge is 0.193 e. The molecule has 2 aromatic carbocycles. The Kier molecular flexibility index (Phi) is 9.81. The molecule has 3 atom stereocenters. The van der Waals surface area contributed by atoms with Crippen LogP contribution in [0.5, 0.6) is 0 Å². The minimum absolute atomic E-state index is 0.0521. The lowest BCUT2D eigenvalue weighted by atomic mass is 9.81. The van der Waals surface area contributed by atoms with Crippen LogP contribution in [0.2, 0.25) is 0 Å². The van der Waals surface area contributed by atoms with Crippen molar-refractivity contribution in [1.82, 2.24) is 25.3 Å². The maximum absolute atomic E-state index is 13.4. The first-order chi connectivity index (χ1) is 29.6. The molecule has 322 valence electrons. The average molecular weight is 837 g/mol. The predicted octanol–water partition coefficient (Wildman–Crippen LogP) is 10.4. The molecule has 2 N–H and O–H groups in total. The Morgan fingerprint density at radius 3 is 2.03 bits per heavy atom. The second kappa shape index (κ2) is 14.9. The minimum atomic E-state index is -1.47. The van der Waals surface area contributed by atoms with Crippen LogP contribution in [0.3, 0.4) is 0 Å². The Labute approximate surface area is 361 Å². The molecule has 0 spiro atoms. The summed E-state index contributed by atoms with van der Waals surface area (Å²) in [5, 5.41) is 20.9. The number of carbonyl (C=O) groups is 1. The summed E-state index contributed by atoms with van der Waals surface area (Å²) >= 11 is 0. The third-order valence-electron chi connectivity index (χ3n) is 13.5. The molecule has 6 aromatic rings. The zero-order valence-electron chi connectivity index (χ0n) is 37.0. The van der Waals surface area contributed by atoms with E-state index >= 15 is 0 Å². The molecule has 2 aliphatic carbocycles. The van der Waals surface area contributed by atoms with E-state index in [-0.39, 0.29) is 23.1 Å². The van der Waals surface area contributed by atoms with Crippen molar-refractivity contribution >= 4 is 28.2 Å². The molecule has 12 heteroatoms. The lowest BCUT2D eigenvalue weighted by molar-refractivity contribution is -0.112. The van der Waals surface area contributed by atoms with Crippen molar-refractivity contribution in [2.45, 2.75) is 148 Å². The van der Waals surface area contributed by atoms with Crippen LogP contribution in [0, 0.1) is 33.6 Å². The molecule has 0 amide bonds. The van der Waals surface area contributed by atoms with E-state index in [9.17, 15) is 9.90 Å². The number of rotatable bonds is 9. The number of aliphatic imine (C=N–C) groups is 1. The molecule has 4 fully saturated rings. The zero-order valence-corrected chi connectivity index (χ0v) is 37.0. The van der Waals surface area contributed by atoms with Crippen LogP contribution in [-0.4, -0.2) is 65.3 Å². The topological polar surface area (TPSA) is 162 Å². The van der Waals surface area contributed by atoms with E-state index in [0.717, 1.165) is 118 Å². The van der Waals surface area contributed by atoms with E-state index in [1.54, 1.807) is 6.20 Å². The van der Waals surface area contributed by atoms with Gasteiger partial charge in [0.15, 0.2) is 11.4 Å². The van der Waals surface area contributed by atoms with Crippen LogP contribution in [0.15, 0.2) is 62.7 Å². The van der Waals surface area contributed by atoms with Crippen molar-refractivity contribution in [2.75, 3.05) is 0 Å². The van der Waals surface area contributed by atoms with E-state index < -0.39 is 11.7 Å². The summed E-state index contributed by atoms with van der Waals surface area (Å²) in [5.74, 6) is 3.59. The second-order valence-electron chi connectivity index (χ2n) is 19.5. The van der Waals surface area contributed by atoms with Gasteiger partial charge in [0.05, 0.1) is 51.1 Å². The third kappa shape index (κ3) is 7.33. The van der Waals surface area contributed by atoms with Gasteiger partial charge in [0.2, 0.25) is 0 Å². The van der Waals surface area contributed by atoms with E-state index in [0.29, 0.717) is 28.7 Å². The van der Waals surface area contributed by atoms with Crippen molar-refractivity contribution in [2.24, 2.45) is 10.9 Å². The van der Waals surface area contributed by atoms with Gasteiger partial charge < -0.3 is 28.6 Å². The molecule has 2 saturated heterocycles. The molecule has 2 saturated carbocycles. The number of aromatic nitrogens is 5. The number of imidazole rings is 1. The number of carbonyl (C=O) groups excluding carboxylic acids is 1. The summed E-state index contributed by atoms with van der Waals surface area (Å²) in [6, 6.07) is 13.9. The summed E-state index contributed by atoms with van der Waals surface area (Å²) in [5.41, 5.74) is 10.3. The van der Waals surface area contributed by atoms with Crippen molar-refractivity contribution in [3.63, 3.8) is 0 Å². The number of fused-ring (bicyclic) bond motifs is 2. The molecule has 11 rings (SSSR count). The van der Waals surface area contributed by atoms with Crippen molar-refractivity contribution in [3.8, 4) is 22.3 Å². The van der Waals surface area contributed by atoms with E-state index in [4.69, 9.17) is 28.5 Å². The van der Waals surface area contributed by atoms with E-state index in [1.807, 2.05) is 71.9 Å². The Morgan fingerprint density at radius 1 is 0.806 bits per heavy atom. The third-order valence-corrected chi connectivity index (χ3v) is 13.5. The molecule has 3 aliphatic heterocycles. The Hall–Kier alpha value is -5.30. The molecular weight excluding hydrogens is 781 g/mol. The Balaban J connectivity index is 0.000000151. The van der Waals surface area contributed by atoms with Crippen LogP contribution in [-0.2, 0) is 21.5 Å². The number of nitrogens with one attached hydrogen (secondary N) is 1. The number of benzene rings is 2. The summed E-state index contributed by atoms with van der Waals surface area (Å²) in [6.45, 7) is 15.9. The minimum Gasteiger partial charge on any atom is -0.376 e. The first kappa shape index (κ1) is 40.8. The predicted molar refractivity (Wildman–Crippen MR) is 236 cm³/mol. The standard InChI is InChI=1S/C27H30N4O3.C23H26N2O3/c1-15-23(16(2)34-31-15)18-13-19(24-20(14-18)29-25(30-24)17-8-9-17)27(32,21-7-5-6-12-28-21)22-10-11-26(3,4)33-22;1-12-20(13(2)28-25-12)15-9-16-11-18(14-5-6-14)24-21(16)17(10-15)22(26)19-7-8-23(3,4)27-19/h5-7,12-14,17,22,32H,8-11H2,1-4H3,(H,29,30);9-10,14,19H,5-8,11H2,1-4H3. The zero-order chi connectivity index (χ0) is 43.3. The fourth-order valence-corrected chi connectivity index (χ4v) is 9.92. The molecule has 12 nitrogen and oxygen atoms in total. The molecule has 4 aromatic heterocycles. The van der Waals surface area contributed by atoms with Gasteiger partial charge in [-0.25, -0.2) is 4.98 Å². The number of aryl methyl sites for hydroxylation is 4. The van der Waals surface area contributed by atoms with Crippen LogP contribution in [0.4, 0.5) is 5.69 Å². The van der Waals surface area contributed by atoms with Gasteiger partial charge >= 0.3 is 0 Å². The fraction of sp³-hybridized carbons (Fsp3) is 0.480. The SMILES string of the molecule is Cc1noc(C)c1-c1cc(C(O)(c2ccccn2)C2CCC(C)(C)O2)c2nc(C3CC3)[nH]c2c1.Cc1noc(C)c1-c1cc2c(c(C(=O)C3CCC(C)(C)O3)c1)N=C(C1CC1)C2. The number of nitrogens with zero attached hydrogens (tertiary/aromatic N) is 5. The van der Waals surface area contributed by atoms with E-state index in [1.165, 1.54) is 18.6 Å². The molecule has 7 heterocycles. The van der Waals surface area contributed by atoms with Crippen LogP contribution in [0.25, 0.3) is 33.3 Å². The van der Waals surface area contributed by atoms with Gasteiger partial charge in [0, 0.05) is 46.5 Å². The number of hydrogen-bond donors (Lipinski definition) is 2. The van der Waals surface area contributed by atoms with Gasteiger partial charge in [-0.3, -0.25) is 14.8 Å². The summed E-state index contributed by atoms with van der Waals surface area (Å²) < 4.78 is 23.4. The maximum Gasteiger partial charge on any atom is 0.193 e.